The molecule has 1 aromatic carbocycles. The number of hydrazine groups is 1. The van der Waals surface area contributed by atoms with E-state index in [2.05, 4.69) is 5.43 Å². The summed E-state index contributed by atoms with van der Waals surface area (Å²) in [6, 6.07) is 4.91. The van der Waals surface area contributed by atoms with Gasteiger partial charge in [0, 0.05) is 6.04 Å². The zero-order valence-corrected chi connectivity index (χ0v) is 8.31. The Bertz CT molecular complexity index is 301. The molecule has 0 unspecified atom stereocenters. The van der Waals surface area contributed by atoms with E-state index in [0.29, 0.717) is 0 Å². The number of rotatable bonds is 3. The van der Waals surface area contributed by atoms with Crippen molar-refractivity contribution in [2.24, 2.45) is 5.84 Å². The molecule has 5 heteroatoms. The van der Waals surface area contributed by atoms with Crippen LogP contribution in [-0.4, -0.2) is 0 Å². The largest absolute Gasteiger partial charge is 0.416 e. The lowest BCUT2D eigenvalue weighted by Crippen LogP contribution is -2.27. The van der Waals surface area contributed by atoms with Crippen molar-refractivity contribution >= 4 is 0 Å². The van der Waals surface area contributed by atoms with Gasteiger partial charge in [-0.25, -0.2) is 0 Å². The summed E-state index contributed by atoms with van der Waals surface area (Å²) in [7, 11) is 0. The van der Waals surface area contributed by atoms with Crippen molar-refractivity contribution in [3.05, 3.63) is 35.4 Å². The Morgan fingerprint density at radius 2 is 1.80 bits per heavy atom. The normalized spacial score (nSPS) is 13.9. The number of hydrogen-bond donors (Lipinski definition) is 2. The molecular formula is C10H13F3N2. The molecule has 0 aromatic heterocycles. The van der Waals surface area contributed by atoms with Gasteiger partial charge < -0.3 is 0 Å². The molecule has 1 aromatic rings. The standard InChI is InChI=1S/C10H13F3N2/c1-2-9(15-14)7-3-5-8(6-4-7)10(11,12)13/h3-6,9,15H,2,14H2,1H3/t9-/m0/s1. The molecule has 0 aliphatic carbocycles. The second-order valence-electron chi connectivity index (χ2n) is 3.25. The van der Waals surface area contributed by atoms with Crippen LogP contribution in [0.2, 0.25) is 0 Å². The molecule has 0 fully saturated rings. The van der Waals surface area contributed by atoms with Crippen LogP contribution in [-0.2, 0) is 6.18 Å². The maximum atomic E-state index is 12.2. The first-order valence-corrected chi connectivity index (χ1v) is 4.62. The molecule has 15 heavy (non-hydrogen) atoms. The second-order valence-corrected chi connectivity index (χ2v) is 3.25. The zero-order chi connectivity index (χ0) is 11.5. The number of nitrogens with two attached hydrogens (primary N) is 1. The summed E-state index contributed by atoms with van der Waals surface area (Å²) in [5.41, 5.74) is 2.66. The van der Waals surface area contributed by atoms with E-state index in [0.717, 1.165) is 24.1 Å². The molecule has 0 saturated heterocycles. The predicted octanol–water partition coefficient (Wildman–Crippen LogP) is 2.62. The molecule has 0 amide bonds. The highest BCUT2D eigenvalue weighted by Gasteiger charge is 2.30. The van der Waals surface area contributed by atoms with Crippen LogP contribution >= 0.6 is 0 Å². The van der Waals surface area contributed by atoms with E-state index in [1.807, 2.05) is 6.92 Å². The molecule has 0 aliphatic heterocycles. The van der Waals surface area contributed by atoms with Gasteiger partial charge in [0.1, 0.15) is 0 Å². The number of nitrogens with one attached hydrogen (secondary N) is 1. The highest BCUT2D eigenvalue weighted by Crippen LogP contribution is 2.30. The smallest absolute Gasteiger partial charge is 0.271 e. The molecule has 0 heterocycles. The van der Waals surface area contributed by atoms with Crippen LogP contribution in [0.25, 0.3) is 0 Å². The number of benzene rings is 1. The van der Waals surface area contributed by atoms with Crippen molar-refractivity contribution in [3.8, 4) is 0 Å². The lowest BCUT2D eigenvalue weighted by molar-refractivity contribution is -0.137. The molecule has 0 aliphatic rings. The molecule has 0 spiro atoms. The fourth-order valence-electron chi connectivity index (χ4n) is 1.35. The van der Waals surface area contributed by atoms with E-state index in [9.17, 15) is 13.2 Å². The minimum absolute atomic E-state index is 0.104. The van der Waals surface area contributed by atoms with Crippen molar-refractivity contribution < 1.29 is 13.2 Å². The van der Waals surface area contributed by atoms with Gasteiger partial charge in [0.15, 0.2) is 0 Å². The van der Waals surface area contributed by atoms with Gasteiger partial charge in [-0.05, 0) is 24.1 Å². The Hall–Kier alpha value is -1.07. The number of alkyl halides is 3. The van der Waals surface area contributed by atoms with Crippen LogP contribution in [0, 0.1) is 0 Å². The van der Waals surface area contributed by atoms with Crippen LogP contribution in [0.3, 0.4) is 0 Å². The van der Waals surface area contributed by atoms with Gasteiger partial charge in [0.05, 0.1) is 5.56 Å². The van der Waals surface area contributed by atoms with Crippen molar-refractivity contribution in [1.29, 1.82) is 0 Å². The summed E-state index contributed by atoms with van der Waals surface area (Å²) >= 11 is 0. The Labute approximate surface area is 86.2 Å². The topological polar surface area (TPSA) is 38.0 Å². The monoisotopic (exact) mass is 218 g/mol. The third kappa shape index (κ3) is 2.94. The summed E-state index contributed by atoms with van der Waals surface area (Å²) in [4.78, 5) is 0. The summed E-state index contributed by atoms with van der Waals surface area (Å²) in [5, 5.41) is 0. The first-order chi connectivity index (χ1) is 6.99. The molecular weight excluding hydrogens is 205 g/mol. The Morgan fingerprint density at radius 3 is 2.13 bits per heavy atom. The predicted molar refractivity (Wildman–Crippen MR) is 51.8 cm³/mol. The second kappa shape index (κ2) is 4.63. The van der Waals surface area contributed by atoms with Crippen LogP contribution in [0.4, 0.5) is 13.2 Å². The maximum absolute atomic E-state index is 12.2. The SMILES string of the molecule is CC[C@H](NN)c1ccc(C(F)(F)F)cc1. The van der Waals surface area contributed by atoms with Gasteiger partial charge in [0.25, 0.3) is 0 Å². The summed E-state index contributed by atoms with van der Waals surface area (Å²) in [6.45, 7) is 1.90. The molecule has 2 nitrogen and oxygen atoms in total. The van der Waals surface area contributed by atoms with Gasteiger partial charge in [-0.15, -0.1) is 0 Å². The quantitative estimate of drug-likeness (QED) is 0.604. The Kier molecular flexibility index (Phi) is 3.71. The summed E-state index contributed by atoms with van der Waals surface area (Å²) < 4.78 is 36.7. The molecule has 0 radical (unpaired) electrons. The van der Waals surface area contributed by atoms with Crippen LogP contribution in [0.1, 0.15) is 30.5 Å². The molecule has 1 atom stereocenters. The third-order valence-corrected chi connectivity index (χ3v) is 2.25. The molecule has 0 bridgehead atoms. The van der Waals surface area contributed by atoms with Gasteiger partial charge in [-0.3, -0.25) is 11.3 Å². The minimum Gasteiger partial charge on any atom is -0.271 e. The van der Waals surface area contributed by atoms with Crippen LogP contribution < -0.4 is 11.3 Å². The first-order valence-electron chi connectivity index (χ1n) is 4.62. The van der Waals surface area contributed by atoms with Gasteiger partial charge in [-0.2, -0.15) is 13.2 Å². The van der Waals surface area contributed by atoms with E-state index in [1.54, 1.807) is 0 Å². The fraction of sp³-hybridized carbons (Fsp3) is 0.400. The lowest BCUT2D eigenvalue weighted by Gasteiger charge is -2.14. The highest BCUT2D eigenvalue weighted by atomic mass is 19.4. The molecule has 84 valence electrons. The lowest BCUT2D eigenvalue weighted by atomic mass is 10.0. The fourth-order valence-corrected chi connectivity index (χ4v) is 1.35. The van der Waals surface area contributed by atoms with Gasteiger partial charge in [0.2, 0.25) is 0 Å². The average molecular weight is 218 g/mol. The van der Waals surface area contributed by atoms with E-state index >= 15 is 0 Å². The molecule has 1 rings (SSSR count). The highest BCUT2D eigenvalue weighted by molar-refractivity contribution is 5.26. The Balaban J connectivity index is 2.89. The number of hydrogen-bond acceptors (Lipinski definition) is 2. The van der Waals surface area contributed by atoms with Gasteiger partial charge >= 0.3 is 6.18 Å². The Morgan fingerprint density at radius 1 is 1.27 bits per heavy atom. The maximum Gasteiger partial charge on any atom is 0.416 e. The van der Waals surface area contributed by atoms with Crippen molar-refractivity contribution in [1.82, 2.24) is 5.43 Å². The molecule has 3 N–H and O–H groups in total. The van der Waals surface area contributed by atoms with E-state index in [1.165, 1.54) is 12.1 Å². The van der Waals surface area contributed by atoms with Gasteiger partial charge in [-0.1, -0.05) is 19.1 Å². The van der Waals surface area contributed by atoms with E-state index in [4.69, 9.17) is 5.84 Å². The first kappa shape index (κ1) is 12.0. The average Bonchev–Trinajstić information content (AvgIpc) is 2.19. The summed E-state index contributed by atoms with van der Waals surface area (Å²) in [5.74, 6) is 5.27. The zero-order valence-electron chi connectivity index (χ0n) is 8.31. The minimum atomic E-state index is -4.28. The van der Waals surface area contributed by atoms with Crippen molar-refractivity contribution in [2.45, 2.75) is 25.6 Å². The van der Waals surface area contributed by atoms with Crippen molar-refractivity contribution in [3.63, 3.8) is 0 Å². The van der Waals surface area contributed by atoms with E-state index < -0.39 is 11.7 Å². The summed E-state index contributed by atoms with van der Waals surface area (Å²) in [6.07, 6.45) is -3.56. The third-order valence-electron chi connectivity index (χ3n) is 2.25. The number of halogens is 3. The van der Waals surface area contributed by atoms with E-state index in [-0.39, 0.29) is 6.04 Å². The van der Waals surface area contributed by atoms with Crippen molar-refractivity contribution in [2.75, 3.05) is 0 Å². The van der Waals surface area contributed by atoms with Crippen LogP contribution in [0.15, 0.2) is 24.3 Å². The van der Waals surface area contributed by atoms with Crippen LogP contribution in [0.5, 0.6) is 0 Å². The molecule has 0 saturated carbocycles.